The molecule has 2 aromatic rings. The minimum Gasteiger partial charge on any atom is -0.255 e. The third-order valence-corrected chi connectivity index (χ3v) is 2.98. The van der Waals surface area contributed by atoms with Crippen molar-refractivity contribution in [2.24, 2.45) is 0 Å². The molecule has 0 bridgehead atoms. The standard InChI is InChI=1S/C11H10BrN/c1-7-6-10(12)11-9(8(7)2)4-3-5-13-11/h3-6H,1-2H3. The molecule has 1 aromatic heterocycles. The Labute approximate surface area is 85.9 Å². The van der Waals surface area contributed by atoms with Crippen LogP contribution in [0.2, 0.25) is 0 Å². The van der Waals surface area contributed by atoms with E-state index in [1.54, 1.807) is 0 Å². The van der Waals surface area contributed by atoms with Gasteiger partial charge < -0.3 is 0 Å². The van der Waals surface area contributed by atoms with Gasteiger partial charge in [0.2, 0.25) is 0 Å². The maximum atomic E-state index is 4.34. The molecule has 1 nitrogen and oxygen atoms in total. The fraction of sp³-hybridized carbons (Fsp3) is 0.182. The molecule has 0 saturated carbocycles. The Hall–Kier alpha value is -0.890. The fourth-order valence-electron chi connectivity index (χ4n) is 1.48. The summed E-state index contributed by atoms with van der Waals surface area (Å²) < 4.78 is 1.08. The van der Waals surface area contributed by atoms with Crippen molar-refractivity contribution < 1.29 is 0 Å². The Morgan fingerprint density at radius 2 is 2.08 bits per heavy atom. The minimum atomic E-state index is 1.05. The van der Waals surface area contributed by atoms with Crippen LogP contribution in [0.1, 0.15) is 11.1 Å². The van der Waals surface area contributed by atoms with Gasteiger partial charge in [0.25, 0.3) is 0 Å². The van der Waals surface area contributed by atoms with Crippen LogP contribution in [0.5, 0.6) is 0 Å². The number of hydrogen-bond donors (Lipinski definition) is 0. The lowest BCUT2D eigenvalue weighted by Crippen LogP contribution is -1.87. The van der Waals surface area contributed by atoms with Crippen LogP contribution in [0, 0.1) is 13.8 Å². The van der Waals surface area contributed by atoms with E-state index in [2.05, 4.69) is 46.9 Å². The highest BCUT2D eigenvalue weighted by Gasteiger charge is 2.04. The fourth-order valence-corrected chi connectivity index (χ4v) is 2.14. The van der Waals surface area contributed by atoms with Crippen LogP contribution in [0.3, 0.4) is 0 Å². The molecule has 1 aromatic carbocycles. The molecular formula is C11H10BrN. The quantitative estimate of drug-likeness (QED) is 0.680. The van der Waals surface area contributed by atoms with Gasteiger partial charge in [0.15, 0.2) is 0 Å². The Balaban J connectivity index is 2.97. The normalized spacial score (nSPS) is 10.7. The lowest BCUT2D eigenvalue weighted by molar-refractivity contribution is 1.33. The zero-order chi connectivity index (χ0) is 9.42. The molecule has 0 aliphatic rings. The van der Waals surface area contributed by atoms with Crippen molar-refractivity contribution in [2.75, 3.05) is 0 Å². The number of benzene rings is 1. The van der Waals surface area contributed by atoms with Gasteiger partial charge in [0.05, 0.1) is 5.52 Å². The van der Waals surface area contributed by atoms with Gasteiger partial charge in [-0.15, -0.1) is 0 Å². The summed E-state index contributed by atoms with van der Waals surface area (Å²) in [6.45, 7) is 4.25. The minimum absolute atomic E-state index is 1.05. The zero-order valence-electron chi connectivity index (χ0n) is 7.63. The summed E-state index contributed by atoms with van der Waals surface area (Å²) in [5, 5.41) is 1.23. The van der Waals surface area contributed by atoms with Gasteiger partial charge in [-0.25, -0.2) is 0 Å². The average Bonchev–Trinajstić information content (AvgIpc) is 2.15. The zero-order valence-corrected chi connectivity index (χ0v) is 9.22. The number of rotatable bonds is 0. The molecule has 0 aliphatic carbocycles. The third-order valence-electron chi connectivity index (χ3n) is 2.37. The van der Waals surface area contributed by atoms with E-state index in [0.717, 1.165) is 9.99 Å². The van der Waals surface area contributed by atoms with Gasteiger partial charge in [-0.05, 0) is 53.0 Å². The number of pyridine rings is 1. The molecule has 0 amide bonds. The number of hydrogen-bond acceptors (Lipinski definition) is 1. The van der Waals surface area contributed by atoms with Crippen molar-refractivity contribution in [3.63, 3.8) is 0 Å². The Kier molecular flexibility index (Phi) is 2.08. The van der Waals surface area contributed by atoms with Crippen molar-refractivity contribution in [3.8, 4) is 0 Å². The maximum absolute atomic E-state index is 4.34. The second-order valence-electron chi connectivity index (χ2n) is 3.20. The number of fused-ring (bicyclic) bond motifs is 1. The molecule has 0 unspecified atom stereocenters. The van der Waals surface area contributed by atoms with Crippen molar-refractivity contribution in [2.45, 2.75) is 13.8 Å². The summed E-state index contributed by atoms with van der Waals surface area (Å²) in [7, 11) is 0. The highest BCUT2D eigenvalue weighted by Crippen LogP contribution is 2.27. The van der Waals surface area contributed by atoms with E-state index in [9.17, 15) is 0 Å². The summed E-state index contributed by atoms with van der Waals surface area (Å²) in [6.07, 6.45) is 1.82. The van der Waals surface area contributed by atoms with E-state index < -0.39 is 0 Å². The van der Waals surface area contributed by atoms with Gasteiger partial charge in [-0.1, -0.05) is 6.07 Å². The first-order chi connectivity index (χ1) is 6.20. The van der Waals surface area contributed by atoms with E-state index >= 15 is 0 Å². The van der Waals surface area contributed by atoms with Crippen molar-refractivity contribution in [1.82, 2.24) is 4.98 Å². The van der Waals surface area contributed by atoms with Crippen molar-refractivity contribution >= 4 is 26.8 Å². The first-order valence-electron chi connectivity index (χ1n) is 4.20. The van der Waals surface area contributed by atoms with E-state index in [4.69, 9.17) is 0 Å². The summed E-state index contributed by atoms with van der Waals surface area (Å²) in [5.41, 5.74) is 3.66. The number of nitrogens with zero attached hydrogens (tertiary/aromatic N) is 1. The highest BCUT2D eigenvalue weighted by molar-refractivity contribution is 9.10. The monoisotopic (exact) mass is 235 g/mol. The van der Waals surface area contributed by atoms with Crippen molar-refractivity contribution in [1.29, 1.82) is 0 Å². The molecule has 0 radical (unpaired) electrons. The largest absolute Gasteiger partial charge is 0.255 e. The Bertz CT molecular complexity index is 463. The Morgan fingerprint density at radius 3 is 2.85 bits per heavy atom. The molecule has 0 atom stereocenters. The summed E-state index contributed by atoms with van der Waals surface area (Å²) in [6, 6.07) is 6.20. The van der Waals surface area contributed by atoms with Gasteiger partial charge >= 0.3 is 0 Å². The smallest absolute Gasteiger partial charge is 0.0846 e. The van der Waals surface area contributed by atoms with Crippen LogP contribution in [-0.2, 0) is 0 Å². The molecule has 0 saturated heterocycles. The topological polar surface area (TPSA) is 12.9 Å². The molecule has 13 heavy (non-hydrogen) atoms. The molecule has 1 heterocycles. The molecule has 0 N–H and O–H groups in total. The van der Waals surface area contributed by atoms with Crippen LogP contribution >= 0.6 is 15.9 Å². The molecule has 0 fully saturated rings. The lowest BCUT2D eigenvalue weighted by Gasteiger charge is -2.06. The first-order valence-corrected chi connectivity index (χ1v) is 5.00. The van der Waals surface area contributed by atoms with Crippen LogP contribution in [-0.4, -0.2) is 4.98 Å². The highest BCUT2D eigenvalue weighted by atomic mass is 79.9. The molecule has 2 rings (SSSR count). The predicted octanol–water partition coefficient (Wildman–Crippen LogP) is 3.61. The van der Waals surface area contributed by atoms with Gasteiger partial charge in [-0.2, -0.15) is 0 Å². The second-order valence-corrected chi connectivity index (χ2v) is 4.05. The van der Waals surface area contributed by atoms with Crippen LogP contribution < -0.4 is 0 Å². The lowest BCUT2D eigenvalue weighted by atomic mass is 10.0. The van der Waals surface area contributed by atoms with E-state index in [0.29, 0.717) is 0 Å². The van der Waals surface area contributed by atoms with Gasteiger partial charge in [-0.3, -0.25) is 4.98 Å². The van der Waals surface area contributed by atoms with Crippen LogP contribution in [0.25, 0.3) is 10.9 Å². The van der Waals surface area contributed by atoms with E-state index in [-0.39, 0.29) is 0 Å². The first kappa shape index (κ1) is 8.70. The second kappa shape index (κ2) is 3.11. The molecule has 2 heteroatoms. The van der Waals surface area contributed by atoms with Crippen molar-refractivity contribution in [3.05, 3.63) is 40.0 Å². The SMILES string of the molecule is Cc1cc(Br)c2ncccc2c1C. The van der Waals surface area contributed by atoms with Gasteiger partial charge in [0.1, 0.15) is 0 Å². The predicted molar refractivity (Wildman–Crippen MR) is 58.9 cm³/mol. The number of aromatic nitrogens is 1. The summed E-state index contributed by atoms with van der Waals surface area (Å²) in [5.74, 6) is 0. The summed E-state index contributed by atoms with van der Waals surface area (Å²) >= 11 is 3.52. The molecular weight excluding hydrogens is 226 g/mol. The average molecular weight is 236 g/mol. The molecule has 66 valence electrons. The maximum Gasteiger partial charge on any atom is 0.0846 e. The summed E-state index contributed by atoms with van der Waals surface area (Å²) in [4.78, 5) is 4.34. The number of halogens is 1. The van der Waals surface area contributed by atoms with E-state index in [1.165, 1.54) is 16.5 Å². The Morgan fingerprint density at radius 1 is 1.31 bits per heavy atom. The van der Waals surface area contributed by atoms with Crippen LogP contribution in [0.15, 0.2) is 28.9 Å². The van der Waals surface area contributed by atoms with Crippen LogP contribution in [0.4, 0.5) is 0 Å². The third kappa shape index (κ3) is 1.35. The van der Waals surface area contributed by atoms with E-state index in [1.807, 2.05) is 12.3 Å². The molecule has 0 spiro atoms. The number of aryl methyl sites for hydroxylation is 2. The van der Waals surface area contributed by atoms with Gasteiger partial charge in [0, 0.05) is 16.1 Å². The molecule has 0 aliphatic heterocycles.